The van der Waals surface area contributed by atoms with Gasteiger partial charge in [-0.05, 0) is 107 Å². The minimum atomic E-state index is 0.374. The van der Waals surface area contributed by atoms with Gasteiger partial charge in [-0.25, -0.2) is 0 Å². The summed E-state index contributed by atoms with van der Waals surface area (Å²) in [7, 11) is 0. The molecule has 2 heteroatoms. The van der Waals surface area contributed by atoms with E-state index in [4.69, 9.17) is 0 Å². The highest BCUT2D eigenvalue weighted by atomic mass is 15.0. The lowest BCUT2D eigenvalue weighted by atomic mass is 9.72. The van der Waals surface area contributed by atoms with Gasteiger partial charge in [-0.1, -0.05) is 115 Å². The lowest BCUT2D eigenvalue weighted by Crippen LogP contribution is -2.13. The van der Waals surface area contributed by atoms with E-state index in [-0.39, 0.29) is 0 Å². The van der Waals surface area contributed by atoms with E-state index in [9.17, 15) is 0 Å². The van der Waals surface area contributed by atoms with E-state index in [1.54, 1.807) is 0 Å². The van der Waals surface area contributed by atoms with Gasteiger partial charge in [-0.2, -0.15) is 0 Å². The molecular formula is C48H36N2. The third-order valence-corrected chi connectivity index (χ3v) is 11.5. The Balaban J connectivity index is 1.07. The molecule has 11 rings (SSSR count). The number of benzene rings is 5. The largest absolute Gasteiger partial charge is 0.313 e. The molecule has 0 saturated carbocycles. The Morgan fingerprint density at radius 1 is 0.520 bits per heavy atom. The third kappa shape index (κ3) is 4.02. The first kappa shape index (κ1) is 28.0. The number of fused-ring (bicyclic) bond motifs is 12. The molecule has 0 saturated heterocycles. The second-order valence-corrected chi connectivity index (χ2v) is 14.2. The van der Waals surface area contributed by atoms with Crippen molar-refractivity contribution < 1.29 is 0 Å². The molecule has 1 atom stereocenters. The molecule has 4 aliphatic carbocycles. The topological polar surface area (TPSA) is 9.86 Å². The number of allylic oxidation sites excluding steroid dienone is 9. The summed E-state index contributed by atoms with van der Waals surface area (Å²) in [5.74, 6) is 0.374. The average Bonchev–Trinajstić information content (AvgIpc) is 3.70. The first-order valence-electron chi connectivity index (χ1n) is 18.2. The number of nitrogens with zero attached hydrogens (tertiary/aromatic N) is 2. The molecule has 0 radical (unpaired) electrons. The summed E-state index contributed by atoms with van der Waals surface area (Å²) in [6.07, 6.45) is 22.0. The zero-order chi connectivity index (χ0) is 32.8. The van der Waals surface area contributed by atoms with Gasteiger partial charge in [0.1, 0.15) is 0 Å². The maximum absolute atomic E-state index is 2.54. The van der Waals surface area contributed by atoms with Crippen LogP contribution in [0.1, 0.15) is 54.0 Å². The monoisotopic (exact) mass is 640 g/mol. The van der Waals surface area contributed by atoms with Crippen LogP contribution >= 0.6 is 0 Å². The highest BCUT2D eigenvalue weighted by Crippen LogP contribution is 2.51. The van der Waals surface area contributed by atoms with Crippen LogP contribution in [-0.2, 0) is 6.42 Å². The molecule has 0 amide bonds. The number of para-hydroxylation sites is 1. The average molecular weight is 641 g/mol. The standard InChI is InChI=1S/C48H36N2/c1-2-12-33(13-3-1)49-45-20-10-8-18-40(45)42-25-22-32(29-48(42)49)31-23-27-47-44(28-31)41-19-9-11-21-46(41)50(47)34-24-26-39-37-16-5-4-14-35(37)36-15-6-7-17-38(36)43(39)30-34/h2,4-9,11-19,21-25,27-30,39H,1,3,10,20,26H2. The molecule has 0 spiro atoms. The normalized spacial score (nSPS) is 17.6. The Labute approximate surface area is 292 Å². The SMILES string of the molecule is C1=CC(n2c3c(c4ccc(-c5ccc6c(c5)c5ccccc5n6C5=CCC6C(=C5)c5ccccc5-c5ccccc56)cc42)C=CCC3)=CCC1. The van der Waals surface area contributed by atoms with Crippen molar-refractivity contribution in [2.45, 2.75) is 38.0 Å². The summed E-state index contributed by atoms with van der Waals surface area (Å²) in [4.78, 5) is 0. The van der Waals surface area contributed by atoms with E-state index < -0.39 is 0 Å². The van der Waals surface area contributed by atoms with Crippen LogP contribution < -0.4 is 0 Å². The van der Waals surface area contributed by atoms with Crippen LogP contribution in [0.2, 0.25) is 0 Å². The Morgan fingerprint density at radius 3 is 2.22 bits per heavy atom. The van der Waals surface area contributed by atoms with Gasteiger partial charge in [0, 0.05) is 44.7 Å². The summed E-state index contributed by atoms with van der Waals surface area (Å²) in [5.41, 5.74) is 18.7. The molecule has 0 aliphatic heterocycles. The highest BCUT2D eigenvalue weighted by Gasteiger charge is 2.31. The van der Waals surface area contributed by atoms with Crippen LogP contribution in [0.4, 0.5) is 0 Å². The maximum atomic E-state index is 2.54. The second-order valence-electron chi connectivity index (χ2n) is 14.2. The van der Waals surface area contributed by atoms with Crippen molar-refractivity contribution in [3.8, 4) is 22.3 Å². The fourth-order valence-electron chi connectivity index (χ4n) is 9.31. The van der Waals surface area contributed by atoms with Crippen molar-refractivity contribution >= 4 is 55.8 Å². The Morgan fingerprint density at radius 2 is 1.30 bits per heavy atom. The van der Waals surface area contributed by atoms with Gasteiger partial charge in [-0.15, -0.1) is 0 Å². The molecule has 2 aromatic heterocycles. The first-order chi connectivity index (χ1) is 24.8. The molecule has 238 valence electrons. The van der Waals surface area contributed by atoms with Gasteiger partial charge in [0.05, 0.1) is 16.6 Å². The number of hydrogen-bond donors (Lipinski definition) is 0. The van der Waals surface area contributed by atoms with Gasteiger partial charge < -0.3 is 9.13 Å². The van der Waals surface area contributed by atoms with E-state index in [0.29, 0.717) is 5.92 Å². The molecule has 1 unspecified atom stereocenters. The zero-order valence-electron chi connectivity index (χ0n) is 27.9. The quantitative estimate of drug-likeness (QED) is 0.182. The molecule has 4 aliphatic rings. The third-order valence-electron chi connectivity index (χ3n) is 11.5. The molecule has 2 nitrogen and oxygen atoms in total. The molecular weight excluding hydrogens is 605 g/mol. The smallest absolute Gasteiger partial charge is 0.0543 e. The predicted molar refractivity (Wildman–Crippen MR) is 212 cm³/mol. The number of hydrogen-bond acceptors (Lipinski definition) is 0. The van der Waals surface area contributed by atoms with Crippen molar-refractivity contribution in [3.05, 3.63) is 168 Å². The van der Waals surface area contributed by atoms with Crippen molar-refractivity contribution in [2.24, 2.45) is 0 Å². The van der Waals surface area contributed by atoms with E-state index in [2.05, 4.69) is 161 Å². The molecule has 7 aromatic rings. The van der Waals surface area contributed by atoms with Gasteiger partial charge in [0.25, 0.3) is 0 Å². The minimum Gasteiger partial charge on any atom is -0.313 e. The van der Waals surface area contributed by atoms with Crippen LogP contribution in [0.3, 0.4) is 0 Å². The zero-order valence-corrected chi connectivity index (χ0v) is 27.9. The number of aromatic nitrogens is 2. The maximum Gasteiger partial charge on any atom is 0.0543 e. The fourth-order valence-corrected chi connectivity index (χ4v) is 9.31. The molecule has 0 bridgehead atoms. The Kier molecular flexibility index (Phi) is 6.07. The lowest BCUT2D eigenvalue weighted by Gasteiger charge is -2.33. The highest BCUT2D eigenvalue weighted by molar-refractivity contribution is 6.12. The summed E-state index contributed by atoms with van der Waals surface area (Å²) >= 11 is 0. The second kappa shape index (κ2) is 10.8. The van der Waals surface area contributed by atoms with Crippen LogP contribution in [0.15, 0.2) is 146 Å². The predicted octanol–water partition coefficient (Wildman–Crippen LogP) is 12.7. The van der Waals surface area contributed by atoms with Crippen LogP contribution in [-0.4, -0.2) is 9.13 Å². The molecule has 0 N–H and O–H groups in total. The van der Waals surface area contributed by atoms with E-state index in [0.717, 1.165) is 32.1 Å². The van der Waals surface area contributed by atoms with E-state index >= 15 is 0 Å². The fraction of sp³-hybridized carbons (Fsp3) is 0.125. The van der Waals surface area contributed by atoms with Crippen molar-refractivity contribution in [1.82, 2.24) is 9.13 Å². The van der Waals surface area contributed by atoms with Crippen LogP contribution in [0.25, 0.3) is 78.0 Å². The molecule has 2 heterocycles. The van der Waals surface area contributed by atoms with Gasteiger partial charge >= 0.3 is 0 Å². The van der Waals surface area contributed by atoms with Crippen molar-refractivity contribution in [2.75, 3.05) is 0 Å². The molecule has 0 fully saturated rings. The van der Waals surface area contributed by atoms with Gasteiger partial charge in [-0.3, -0.25) is 0 Å². The summed E-state index contributed by atoms with van der Waals surface area (Å²) in [5, 5.41) is 3.94. The van der Waals surface area contributed by atoms with Crippen molar-refractivity contribution in [3.63, 3.8) is 0 Å². The minimum absolute atomic E-state index is 0.374. The lowest BCUT2D eigenvalue weighted by molar-refractivity contribution is 0.864. The Hall–Kier alpha value is -5.86. The summed E-state index contributed by atoms with van der Waals surface area (Å²) in [6.45, 7) is 0. The van der Waals surface area contributed by atoms with Gasteiger partial charge in [0.15, 0.2) is 0 Å². The number of rotatable bonds is 3. The van der Waals surface area contributed by atoms with Crippen LogP contribution in [0.5, 0.6) is 0 Å². The van der Waals surface area contributed by atoms with E-state index in [1.165, 1.54) is 94.3 Å². The Bertz CT molecular complexity index is 2730. The van der Waals surface area contributed by atoms with Gasteiger partial charge in [0.2, 0.25) is 0 Å². The molecule has 5 aromatic carbocycles. The summed E-state index contributed by atoms with van der Waals surface area (Å²) in [6, 6.07) is 41.1. The first-order valence-corrected chi connectivity index (χ1v) is 18.2. The van der Waals surface area contributed by atoms with Crippen molar-refractivity contribution in [1.29, 1.82) is 0 Å². The van der Waals surface area contributed by atoms with E-state index in [1.807, 2.05) is 0 Å². The van der Waals surface area contributed by atoms with Crippen LogP contribution in [0, 0.1) is 0 Å². The summed E-state index contributed by atoms with van der Waals surface area (Å²) < 4.78 is 5.03. The molecule has 50 heavy (non-hydrogen) atoms.